The van der Waals surface area contributed by atoms with E-state index in [-0.39, 0.29) is 27.5 Å². The predicted octanol–water partition coefficient (Wildman–Crippen LogP) is 2.54. The van der Waals surface area contributed by atoms with Crippen molar-refractivity contribution in [1.82, 2.24) is 0 Å². The Hall–Kier alpha value is -3.08. The van der Waals surface area contributed by atoms with E-state index in [2.05, 4.69) is 10.6 Å². The van der Waals surface area contributed by atoms with E-state index in [4.69, 9.17) is 11.5 Å². The first-order valence-corrected chi connectivity index (χ1v) is 7.84. The molecule has 7 nitrogen and oxygen atoms in total. The number of hydrogen-bond acceptors (Lipinski definition) is 4. The molecule has 0 aliphatic heterocycles. The van der Waals surface area contributed by atoms with Gasteiger partial charge in [-0.15, -0.1) is 0 Å². The second-order valence-electron chi connectivity index (χ2n) is 5.13. The van der Waals surface area contributed by atoms with Crippen molar-refractivity contribution >= 4 is 39.2 Å². The largest absolute Gasteiger partial charge is 0.416 e. The molecule has 0 atom stereocenters. The molecule has 6 N–H and O–H groups in total. The molecule has 138 valence electrons. The van der Waals surface area contributed by atoms with Crippen LogP contribution in [0.15, 0.2) is 30.3 Å². The SMILES string of the molecule is NC(=O)Nc1sc(NC(=O)Cc2cccc(C(F)(F)F)c2)cc1C(N)=O. The average molecular weight is 386 g/mol. The van der Waals surface area contributed by atoms with Crippen molar-refractivity contribution in [2.75, 3.05) is 10.6 Å². The fourth-order valence-corrected chi connectivity index (χ4v) is 3.05. The Balaban J connectivity index is 2.13. The molecule has 0 bridgehead atoms. The maximum absolute atomic E-state index is 12.7. The summed E-state index contributed by atoms with van der Waals surface area (Å²) in [6, 6.07) is 4.69. The zero-order chi connectivity index (χ0) is 19.5. The second-order valence-corrected chi connectivity index (χ2v) is 6.18. The number of halogens is 3. The minimum absolute atomic E-state index is 0.0526. The Kier molecular flexibility index (Phi) is 5.50. The van der Waals surface area contributed by atoms with Crippen LogP contribution in [0.1, 0.15) is 21.5 Å². The van der Waals surface area contributed by atoms with Crippen molar-refractivity contribution in [3.8, 4) is 0 Å². The number of thiophene rings is 1. The van der Waals surface area contributed by atoms with Crippen LogP contribution in [0.4, 0.5) is 28.0 Å². The number of carbonyl (C=O) groups is 3. The number of nitrogens with one attached hydrogen (secondary N) is 2. The van der Waals surface area contributed by atoms with Crippen LogP contribution in [-0.4, -0.2) is 17.8 Å². The molecule has 26 heavy (non-hydrogen) atoms. The Morgan fingerprint density at radius 2 is 1.77 bits per heavy atom. The van der Waals surface area contributed by atoms with Gasteiger partial charge in [-0.1, -0.05) is 29.5 Å². The summed E-state index contributed by atoms with van der Waals surface area (Å²) in [4.78, 5) is 34.3. The van der Waals surface area contributed by atoms with Gasteiger partial charge in [-0.2, -0.15) is 13.2 Å². The third-order valence-electron chi connectivity index (χ3n) is 3.12. The van der Waals surface area contributed by atoms with Crippen LogP contribution < -0.4 is 22.1 Å². The molecule has 0 aliphatic carbocycles. The molecule has 1 aromatic heterocycles. The Labute approximate surface area is 149 Å². The maximum Gasteiger partial charge on any atom is 0.416 e. The van der Waals surface area contributed by atoms with Gasteiger partial charge in [-0.25, -0.2) is 4.79 Å². The van der Waals surface area contributed by atoms with Gasteiger partial charge in [0.1, 0.15) is 5.00 Å². The Morgan fingerprint density at radius 1 is 1.08 bits per heavy atom. The molecular weight excluding hydrogens is 373 g/mol. The van der Waals surface area contributed by atoms with E-state index in [0.29, 0.717) is 0 Å². The minimum atomic E-state index is -4.51. The molecule has 0 aliphatic rings. The highest BCUT2D eigenvalue weighted by molar-refractivity contribution is 7.20. The van der Waals surface area contributed by atoms with Gasteiger partial charge in [0.15, 0.2) is 0 Å². The summed E-state index contributed by atoms with van der Waals surface area (Å²) in [7, 11) is 0. The number of carbonyl (C=O) groups excluding carboxylic acids is 3. The summed E-state index contributed by atoms with van der Waals surface area (Å²) < 4.78 is 38.1. The summed E-state index contributed by atoms with van der Waals surface area (Å²) >= 11 is 0.838. The number of nitrogens with two attached hydrogens (primary N) is 2. The van der Waals surface area contributed by atoms with Crippen LogP contribution in [0.5, 0.6) is 0 Å². The molecule has 0 spiro atoms. The van der Waals surface area contributed by atoms with Gasteiger partial charge < -0.3 is 16.8 Å². The van der Waals surface area contributed by atoms with Crippen molar-refractivity contribution in [1.29, 1.82) is 0 Å². The van der Waals surface area contributed by atoms with Gasteiger partial charge in [0.05, 0.1) is 22.5 Å². The first kappa shape index (κ1) is 19.2. The molecule has 4 amide bonds. The number of alkyl halides is 3. The molecule has 11 heteroatoms. The van der Waals surface area contributed by atoms with E-state index in [1.807, 2.05) is 0 Å². The smallest absolute Gasteiger partial charge is 0.366 e. The molecule has 0 fully saturated rings. The van der Waals surface area contributed by atoms with Gasteiger partial charge in [0.2, 0.25) is 5.91 Å². The highest BCUT2D eigenvalue weighted by Gasteiger charge is 2.30. The van der Waals surface area contributed by atoms with Crippen molar-refractivity contribution < 1.29 is 27.6 Å². The van der Waals surface area contributed by atoms with Crippen LogP contribution in [0.3, 0.4) is 0 Å². The average Bonchev–Trinajstić information content (AvgIpc) is 2.88. The molecule has 1 aromatic carbocycles. The van der Waals surface area contributed by atoms with Crippen LogP contribution in [0.2, 0.25) is 0 Å². The fourth-order valence-electron chi connectivity index (χ4n) is 2.07. The quantitative estimate of drug-likeness (QED) is 0.630. The molecule has 0 saturated heterocycles. The van der Waals surface area contributed by atoms with Gasteiger partial charge in [-0.05, 0) is 17.7 Å². The molecule has 0 radical (unpaired) electrons. The van der Waals surface area contributed by atoms with E-state index < -0.39 is 29.6 Å². The predicted molar refractivity (Wildman–Crippen MR) is 89.8 cm³/mol. The van der Waals surface area contributed by atoms with Gasteiger partial charge in [-0.3, -0.25) is 14.9 Å². The van der Waals surface area contributed by atoms with Crippen molar-refractivity contribution in [3.63, 3.8) is 0 Å². The first-order valence-electron chi connectivity index (χ1n) is 7.02. The van der Waals surface area contributed by atoms with Crippen molar-refractivity contribution in [2.24, 2.45) is 11.5 Å². The highest BCUT2D eigenvalue weighted by Crippen LogP contribution is 2.32. The zero-order valence-electron chi connectivity index (χ0n) is 13.0. The summed E-state index contributed by atoms with van der Waals surface area (Å²) in [6.07, 6.45) is -4.82. The van der Waals surface area contributed by atoms with Crippen molar-refractivity contribution in [3.05, 3.63) is 47.0 Å². The zero-order valence-corrected chi connectivity index (χ0v) is 13.8. The lowest BCUT2D eigenvalue weighted by molar-refractivity contribution is -0.137. The third-order valence-corrected chi connectivity index (χ3v) is 4.08. The molecule has 2 rings (SSSR count). The molecule has 1 heterocycles. The van der Waals surface area contributed by atoms with Crippen LogP contribution >= 0.6 is 11.3 Å². The summed E-state index contributed by atoms with van der Waals surface area (Å²) in [5, 5.41) is 4.87. The number of amides is 4. The van der Waals surface area contributed by atoms with E-state index in [1.165, 1.54) is 18.2 Å². The van der Waals surface area contributed by atoms with Gasteiger partial charge >= 0.3 is 12.2 Å². The molecule has 2 aromatic rings. The summed E-state index contributed by atoms with van der Waals surface area (Å²) in [5.41, 5.74) is 9.41. The number of rotatable bonds is 5. The van der Waals surface area contributed by atoms with E-state index >= 15 is 0 Å². The Morgan fingerprint density at radius 3 is 2.35 bits per heavy atom. The Bertz CT molecular complexity index is 864. The lowest BCUT2D eigenvalue weighted by Crippen LogP contribution is -2.21. The van der Waals surface area contributed by atoms with Crippen LogP contribution in [-0.2, 0) is 17.4 Å². The number of urea groups is 1. The van der Waals surface area contributed by atoms with Crippen LogP contribution in [0.25, 0.3) is 0 Å². The monoisotopic (exact) mass is 386 g/mol. The molecule has 0 unspecified atom stereocenters. The second kappa shape index (κ2) is 7.44. The lowest BCUT2D eigenvalue weighted by Gasteiger charge is -2.08. The van der Waals surface area contributed by atoms with E-state index in [9.17, 15) is 27.6 Å². The van der Waals surface area contributed by atoms with Gasteiger partial charge in [0, 0.05) is 0 Å². The maximum atomic E-state index is 12.7. The highest BCUT2D eigenvalue weighted by atomic mass is 32.1. The molecular formula is C15H13F3N4O3S. The minimum Gasteiger partial charge on any atom is -0.366 e. The summed E-state index contributed by atoms with van der Waals surface area (Å²) in [6.45, 7) is 0. The van der Waals surface area contributed by atoms with Crippen molar-refractivity contribution in [2.45, 2.75) is 12.6 Å². The number of hydrogen-bond donors (Lipinski definition) is 4. The lowest BCUT2D eigenvalue weighted by atomic mass is 10.1. The van der Waals surface area contributed by atoms with E-state index in [1.54, 1.807) is 0 Å². The third kappa shape index (κ3) is 4.96. The summed E-state index contributed by atoms with van der Waals surface area (Å²) in [5.74, 6) is -1.45. The number of anilines is 2. The fraction of sp³-hybridized carbons (Fsp3) is 0.133. The first-order chi connectivity index (χ1) is 12.1. The topological polar surface area (TPSA) is 127 Å². The van der Waals surface area contributed by atoms with Gasteiger partial charge in [0.25, 0.3) is 5.91 Å². The molecule has 0 saturated carbocycles. The standard InChI is InChI=1S/C15H13F3N4O3S/c16-15(17,18)8-3-1-2-7(4-8)5-10(23)21-11-6-9(12(19)24)13(26-11)22-14(20)25/h1-4,6H,5H2,(H2,19,24)(H,21,23)(H3,20,22,25). The number of primary amides is 2. The van der Waals surface area contributed by atoms with E-state index in [0.717, 1.165) is 23.5 Å². The van der Waals surface area contributed by atoms with Crippen LogP contribution in [0, 0.1) is 0 Å². The number of benzene rings is 1. The normalized spacial score (nSPS) is 11.0.